The number of hydrogen-bond acceptors (Lipinski definition) is 5. The summed E-state index contributed by atoms with van der Waals surface area (Å²) in [6, 6.07) is 1.65. The van der Waals surface area contributed by atoms with Crippen LogP contribution in [0.2, 0.25) is 0 Å². The smallest absolute Gasteiger partial charge is 0.277 e. The Morgan fingerprint density at radius 1 is 1.59 bits per heavy atom. The fourth-order valence-electron chi connectivity index (χ4n) is 1.44. The Bertz CT molecular complexity index is 653. The van der Waals surface area contributed by atoms with E-state index in [2.05, 4.69) is 15.5 Å². The van der Waals surface area contributed by atoms with Crippen molar-refractivity contribution < 1.29 is 9.32 Å². The van der Waals surface area contributed by atoms with Crippen molar-refractivity contribution in [1.82, 2.24) is 14.5 Å². The summed E-state index contributed by atoms with van der Waals surface area (Å²) < 4.78 is 6.66. The summed E-state index contributed by atoms with van der Waals surface area (Å²) in [4.78, 5) is 16.8. The van der Waals surface area contributed by atoms with Crippen LogP contribution in [0, 0.1) is 6.92 Å². The Morgan fingerprint density at radius 3 is 3.18 bits per heavy atom. The zero-order chi connectivity index (χ0) is 11.8. The molecule has 1 amide bonds. The van der Waals surface area contributed by atoms with Gasteiger partial charge in [-0.15, -0.1) is 11.3 Å². The average Bonchev–Trinajstić information content (AvgIpc) is 2.92. The van der Waals surface area contributed by atoms with E-state index >= 15 is 0 Å². The second kappa shape index (κ2) is 3.70. The standard InChI is InChI=1S/C10H8N4O2S/c1-6-4-8(13-16-6)12-9(15)7-5-14-2-3-17-10(14)11-7/h2-5H,1H3,(H,12,13,15). The Kier molecular flexibility index (Phi) is 2.19. The number of aromatic nitrogens is 3. The molecule has 0 saturated carbocycles. The summed E-state index contributed by atoms with van der Waals surface area (Å²) in [5, 5.41) is 8.21. The quantitative estimate of drug-likeness (QED) is 0.752. The van der Waals surface area contributed by atoms with Crippen molar-refractivity contribution in [2.75, 3.05) is 5.32 Å². The van der Waals surface area contributed by atoms with Gasteiger partial charge in [-0.25, -0.2) is 4.98 Å². The second-order valence-corrected chi connectivity index (χ2v) is 4.37. The topological polar surface area (TPSA) is 72.4 Å². The minimum Gasteiger partial charge on any atom is -0.360 e. The van der Waals surface area contributed by atoms with Crippen LogP contribution in [0.4, 0.5) is 5.82 Å². The van der Waals surface area contributed by atoms with Gasteiger partial charge in [-0.3, -0.25) is 9.20 Å². The summed E-state index contributed by atoms with van der Waals surface area (Å²) in [6.07, 6.45) is 3.53. The number of imidazole rings is 1. The molecule has 17 heavy (non-hydrogen) atoms. The molecule has 0 bridgehead atoms. The van der Waals surface area contributed by atoms with Crippen molar-refractivity contribution >= 4 is 28.0 Å². The Balaban J connectivity index is 1.84. The number of nitrogens with one attached hydrogen (secondary N) is 1. The summed E-state index contributed by atoms with van der Waals surface area (Å²) in [6.45, 7) is 1.76. The minimum atomic E-state index is -0.297. The molecule has 0 aromatic carbocycles. The van der Waals surface area contributed by atoms with E-state index in [1.165, 1.54) is 11.3 Å². The maximum Gasteiger partial charge on any atom is 0.277 e. The van der Waals surface area contributed by atoms with Crippen LogP contribution in [0.5, 0.6) is 0 Å². The van der Waals surface area contributed by atoms with Crippen LogP contribution >= 0.6 is 11.3 Å². The van der Waals surface area contributed by atoms with Gasteiger partial charge in [-0.05, 0) is 6.92 Å². The van der Waals surface area contributed by atoms with E-state index in [1.807, 2.05) is 11.6 Å². The van der Waals surface area contributed by atoms with E-state index in [4.69, 9.17) is 4.52 Å². The van der Waals surface area contributed by atoms with Gasteiger partial charge in [-0.2, -0.15) is 0 Å². The minimum absolute atomic E-state index is 0.297. The predicted molar refractivity (Wildman–Crippen MR) is 62.3 cm³/mol. The van der Waals surface area contributed by atoms with Crippen LogP contribution in [0.15, 0.2) is 28.4 Å². The third kappa shape index (κ3) is 1.80. The zero-order valence-corrected chi connectivity index (χ0v) is 9.69. The first-order chi connectivity index (χ1) is 8.22. The maximum atomic E-state index is 11.8. The number of hydrogen-bond donors (Lipinski definition) is 1. The average molecular weight is 248 g/mol. The second-order valence-electron chi connectivity index (χ2n) is 3.50. The molecule has 3 rings (SSSR count). The molecule has 0 aliphatic carbocycles. The molecule has 1 N–H and O–H groups in total. The largest absolute Gasteiger partial charge is 0.360 e. The fraction of sp³-hybridized carbons (Fsp3) is 0.100. The van der Waals surface area contributed by atoms with Gasteiger partial charge in [0.15, 0.2) is 10.8 Å². The van der Waals surface area contributed by atoms with Crippen molar-refractivity contribution in [3.05, 3.63) is 35.3 Å². The van der Waals surface area contributed by atoms with Gasteiger partial charge >= 0.3 is 0 Å². The summed E-state index contributed by atoms with van der Waals surface area (Å²) >= 11 is 1.47. The summed E-state index contributed by atoms with van der Waals surface area (Å²) in [7, 11) is 0. The van der Waals surface area contributed by atoms with E-state index in [1.54, 1.807) is 23.6 Å². The number of fused-ring (bicyclic) bond motifs is 1. The van der Waals surface area contributed by atoms with Gasteiger partial charge in [0.2, 0.25) is 0 Å². The SMILES string of the molecule is Cc1cc(NC(=O)c2cn3ccsc3n2)no1. The number of nitrogens with zero attached hydrogens (tertiary/aromatic N) is 3. The highest BCUT2D eigenvalue weighted by molar-refractivity contribution is 7.15. The van der Waals surface area contributed by atoms with E-state index in [0.717, 1.165) is 4.96 Å². The monoisotopic (exact) mass is 248 g/mol. The molecular formula is C10H8N4O2S. The summed E-state index contributed by atoms with van der Waals surface area (Å²) in [5.74, 6) is 0.740. The first-order valence-electron chi connectivity index (χ1n) is 4.89. The Labute approximate surface area is 99.9 Å². The van der Waals surface area contributed by atoms with Crippen LogP contribution in [0.1, 0.15) is 16.2 Å². The Hall–Kier alpha value is -2.15. The van der Waals surface area contributed by atoms with Crippen LogP contribution in [-0.4, -0.2) is 20.4 Å². The van der Waals surface area contributed by atoms with E-state index in [9.17, 15) is 4.79 Å². The number of aryl methyl sites for hydroxylation is 1. The van der Waals surface area contributed by atoms with Crippen molar-refractivity contribution in [1.29, 1.82) is 0 Å². The number of anilines is 1. The lowest BCUT2D eigenvalue weighted by atomic mass is 10.4. The molecule has 7 heteroatoms. The molecule has 6 nitrogen and oxygen atoms in total. The normalized spacial score (nSPS) is 10.9. The van der Waals surface area contributed by atoms with E-state index in [-0.39, 0.29) is 5.91 Å². The van der Waals surface area contributed by atoms with Crippen LogP contribution in [0.3, 0.4) is 0 Å². The first kappa shape index (κ1) is 10.0. The van der Waals surface area contributed by atoms with Crippen molar-refractivity contribution in [2.24, 2.45) is 0 Å². The lowest BCUT2D eigenvalue weighted by Crippen LogP contribution is -2.12. The molecule has 0 atom stereocenters. The molecule has 0 spiro atoms. The highest BCUT2D eigenvalue weighted by Crippen LogP contribution is 2.13. The van der Waals surface area contributed by atoms with Gasteiger partial charge in [0.25, 0.3) is 5.91 Å². The van der Waals surface area contributed by atoms with Gasteiger partial charge in [-0.1, -0.05) is 5.16 Å². The highest BCUT2D eigenvalue weighted by atomic mass is 32.1. The van der Waals surface area contributed by atoms with E-state index in [0.29, 0.717) is 17.3 Å². The summed E-state index contributed by atoms with van der Waals surface area (Å²) in [5.41, 5.74) is 0.359. The third-order valence-electron chi connectivity index (χ3n) is 2.20. The zero-order valence-electron chi connectivity index (χ0n) is 8.88. The molecule has 0 aliphatic heterocycles. The molecule has 3 aromatic heterocycles. The molecule has 0 fully saturated rings. The number of amides is 1. The molecule has 3 aromatic rings. The Morgan fingerprint density at radius 2 is 2.47 bits per heavy atom. The van der Waals surface area contributed by atoms with Crippen molar-refractivity contribution in [3.63, 3.8) is 0 Å². The van der Waals surface area contributed by atoms with Crippen molar-refractivity contribution in [2.45, 2.75) is 6.92 Å². The van der Waals surface area contributed by atoms with Crippen LogP contribution in [0.25, 0.3) is 4.96 Å². The van der Waals surface area contributed by atoms with Gasteiger partial charge < -0.3 is 9.84 Å². The van der Waals surface area contributed by atoms with Gasteiger partial charge in [0.1, 0.15) is 11.5 Å². The molecule has 3 heterocycles. The number of carbonyl (C=O) groups is 1. The molecule has 0 unspecified atom stereocenters. The van der Waals surface area contributed by atoms with Gasteiger partial charge in [0, 0.05) is 23.8 Å². The maximum absolute atomic E-state index is 11.8. The first-order valence-corrected chi connectivity index (χ1v) is 5.77. The van der Waals surface area contributed by atoms with E-state index < -0.39 is 0 Å². The fourth-order valence-corrected chi connectivity index (χ4v) is 2.14. The number of thiazole rings is 1. The number of carbonyl (C=O) groups excluding carboxylic acids is 1. The third-order valence-corrected chi connectivity index (χ3v) is 2.97. The van der Waals surface area contributed by atoms with Crippen LogP contribution < -0.4 is 5.32 Å². The molecule has 0 saturated heterocycles. The predicted octanol–water partition coefficient (Wildman–Crippen LogP) is 1.94. The molecular weight excluding hydrogens is 240 g/mol. The lowest BCUT2D eigenvalue weighted by molar-refractivity contribution is 0.102. The van der Waals surface area contributed by atoms with Crippen molar-refractivity contribution in [3.8, 4) is 0 Å². The lowest BCUT2D eigenvalue weighted by Gasteiger charge is -1.95. The van der Waals surface area contributed by atoms with Crippen LogP contribution in [-0.2, 0) is 0 Å². The molecule has 86 valence electrons. The highest BCUT2D eigenvalue weighted by Gasteiger charge is 2.13. The molecule has 0 radical (unpaired) electrons. The number of rotatable bonds is 2. The molecule has 0 aliphatic rings. The van der Waals surface area contributed by atoms with Gasteiger partial charge in [0.05, 0.1) is 0 Å².